The lowest BCUT2D eigenvalue weighted by atomic mass is 10.1. The van der Waals surface area contributed by atoms with Crippen LogP contribution in [0, 0.1) is 6.92 Å². The molecule has 1 unspecified atom stereocenters. The maximum absolute atomic E-state index is 11.9. The number of carbonyl (C=O) groups is 1. The van der Waals surface area contributed by atoms with Crippen LogP contribution in [-0.4, -0.2) is 18.5 Å². The van der Waals surface area contributed by atoms with Crippen LogP contribution in [0.1, 0.15) is 31.2 Å². The summed E-state index contributed by atoms with van der Waals surface area (Å²) in [5.74, 6) is 0.0640. The smallest absolute Gasteiger partial charge is 0.224 e. The zero-order valence-electron chi connectivity index (χ0n) is 10.6. The quantitative estimate of drug-likeness (QED) is 0.879. The number of benzene rings is 1. The highest BCUT2D eigenvalue weighted by Gasteiger charge is 2.15. The summed E-state index contributed by atoms with van der Waals surface area (Å²) in [7, 11) is 0. The Morgan fingerprint density at radius 2 is 2.39 bits per heavy atom. The predicted octanol–water partition coefficient (Wildman–Crippen LogP) is 3.12. The summed E-state index contributed by atoms with van der Waals surface area (Å²) in [4.78, 5) is 11.9. The first-order chi connectivity index (χ1) is 8.65. The van der Waals surface area contributed by atoms with Gasteiger partial charge in [0.1, 0.15) is 0 Å². The van der Waals surface area contributed by atoms with E-state index in [0.717, 1.165) is 24.2 Å². The summed E-state index contributed by atoms with van der Waals surface area (Å²) in [5.41, 5.74) is 1.85. The van der Waals surface area contributed by atoms with Crippen molar-refractivity contribution in [2.75, 3.05) is 11.9 Å². The number of amides is 1. The molecule has 1 heterocycles. The van der Waals surface area contributed by atoms with Crippen LogP contribution in [0.4, 0.5) is 5.69 Å². The van der Waals surface area contributed by atoms with Gasteiger partial charge in [-0.25, -0.2) is 0 Å². The molecule has 2 N–H and O–H groups in total. The number of hydrogen-bond donors (Lipinski definition) is 2. The summed E-state index contributed by atoms with van der Waals surface area (Å²) < 4.78 is 0. The first-order valence-electron chi connectivity index (χ1n) is 6.44. The zero-order valence-corrected chi connectivity index (χ0v) is 11.4. The van der Waals surface area contributed by atoms with Crippen molar-refractivity contribution in [1.29, 1.82) is 0 Å². The Kier molecular flexibility index (Phi) is 4.61. The van der Waals surface area contributed by atoms with E-state index in [9.17, 15) is 4.79 Å². The Balaban J connectivity index is 1.84. The van der Waals surface area contributed by atoms with Crippen LogP contribution in [0.15, 0.2) is 18.2 Å². The van der Waals surface area contributed by atoms with Crippen molar-refractivity contribution in [3.8, 4) is 0 Å². The van der Waals surface area contributed by atoms with Crippen molar-refractivity contribution < 1.29 is 4.79 Å². The van der Waals surface area contributed by atoms with Gasteiger partial charge < -0.3 is 10.6 Å². The van der Waals surface area contributed by atoms with Crippen molar-refractivity contribution in [2.45, 2.75) is 38.6 Å². The molecule has 1 aliphatic heterocycles. The Morgan fingerprint density at radius 3 is 3.11 bits per heavy atom. The van der Waals surface area contributed by atoms with Gasteiger partial charge in [-0.2, -0.15) is 0 Å². The topological polar surface area (TPSA) is 41.1 Å². The maximum atomic E-state index is 11.9. The fourth-order valence-electron chi connectivity index (χ4n) is 2.25. The highest BCUT2D eigenvalue weighted by atomic mass is 35.5. The summed E-state index contributed by atoms with van der Waals surface area (Å²) in [6, 6.07) is 6.05. The number of anilines is 1. The van der Waals surface area contributed by atoms with E-state index in [0.29, 0.717) is 17.5 Å². The van der Waals surface area contributed by atoms with Crippen LogP contribution >= 0.6 is 11.6 Å². The molecule has 0 bridgehead atoms. The molecule has 4 heteroatoms. The van der Waals surface area contributed by atoms with Crippen molar-refractivity contribution in [1.82, 2.24) is 5.32 Å². The Bertz CT molecular complexity index is 428. The lowest BCUT2D eigenvalue weighted by Crippen LogP contribution is -2.23. The fourth-order valence-corrected chi connectivity index (χ4v) is 2.42. The van der Waals surface area contributed by atoms with Crippen LogP contribution < -0.4 is 10.6 Å². The minimum absolute atomic E-state index is 0.0640. The third kappa shape index (κ3) is 3.72. The van der Waals surface area contributed by atoms with Crippen molar-refractivity contribution >= 4 is 23.2 Å². The SMILES string of the molecule is Cc1ccc(Cl)cc1NC(=O)CCC1CCCN1. The van der Waals surface area contributed by atoms with Crippen LogP contribution in [-0.2, 0) is 4.79 Å². The molecular formula is C14H19ClN2O. The molecule has 1 atom stereocenters. The first-order valence-corrected chi connectivity index (χ1v) is 6.82. The molecule has 1 saturated heterocycles. The normalized spacial score (nSPS) is 18.9. The largest absolute Gasteiger partial charge is 0.326 e. The summed E-state index contributed by atoms with van der Waals surface area (Å²) in [5, 5.41) is 6.97. The first kappa shape index (κ1) is 13.4. The standard InChI is InChI=1S/C14H19ClN2O/c1-10-4-5-11(15)9-13(10)17-14(18)7-6-12-3-2-8-16-12/h4-5,9,12,16H,2-3,6-8H2,1H3,(H,17,18). The van der Waals surface area contributed by atoms with Gasteiger partial charge in [0.25, 0.3) is 0 Å². The number of hydrogen-bond acceptors (Lipinski definition) is 2. The van der Waals surface area contributed by atoms with Gasteiger partial charge in [-0.15, -0.1) is 0 Å². The molecule has 3 nitrogen and oxygen atoms in total. The molecule has 0 saturated carbocycles. The second kappa shape index (κ2) is 6.21. The molecule has 18 heavy (non-hydrogen) atoms. The van der Waals surface area contributed by atoms with Gasteiger partial charge in [0.15, 0.2) is 0 Å². The second-order valence-corrected chi connectivity index (χ2v) is 5.28. The highest BCUT2D eigenvalue weighted by molar-refractivity contribution is 6.31. The van der Waals surface area contributed by atoms with Gasteiger partial charge in [-0.05, 0) is 50.4 Å². The number of rotatable bonds is 4. The number of nitrogens with one attached hydrogen (secondary N) is 2. The number of aryl methyl sites for hydroxylation is 1. The highest BCUT2D eigenvalue weighted by Crippen LogP contribution is 2.20. The van der Waals surface area contributed by atoms with Crippen molar-refractivity contribution in [3.05, 3.63) is 28.8 Å². The summed E-state index contributed by atoms with van der Waals surface area (Å²) in [6.45, 7) is 3.05. The summed E-state index contributed by atoms with van der Waals surface area (Å²) >= 11 is 5.92. The second-order valence-electron chi connectivity index (χ2n) is 4.84. The molecule has 1 amide bonds. The molecule has 0 radical (unpaired) electrons. The monoisotopic (exact) mass is 266 g/mol. The molecule has 1 aliphatic rings. The minimum atomic E-state index is 0.0640. The van der Waals surface area contributed by atoms with Gasteiger partial charge in [-0.1, -0.05) is 17.7 Å². The molecule has 0 aromatic heterocycles. The van der Waals surface area contributed by atoms with E-state index >= 15 is 0 Å². The molecular weight excluding hydrogens is 248 g/mol. The average molecular weight is 267 g/mol. The van der Waals surface area contributed by atoms with Crippen molar-refractivity contribution in [2.24, 2.45) is 0 Å². The lowest BCUT2D eigenvalue weighted by molar-refractivity contribution is -0.116. The van der Waals surface area contributed by atoms with Gasteiger partial charge in [-0.3, -0.25) is 4.79 Å². The Morgan fingerprint density at radius 1 is 1.56 bits per heavy atom. The molecule has 0 aliphatic carbocycles. The van der Waals surface area contributed by atoms with E-state index in [1.807, 2.05) is 19.1 Å². The average Bonchev–Trinajstić information content (AvgIpc) is 2.84. The Hall–Kier alpha value is -1.06. The fraction of sp³-hybridized carbons (Fsp3) is 0.500. The molecule has 1 aromatic carbocycles. The van der Waals surface area contributed by atoms with E-state index < -0.39 is 0 Å². The number of carbonyl (C=O) groups excluding carboxylic acids is 1. The van der Waals surface area contributed by atoms with E-state index in [1.165, 1.54) is 12.8 Å². The van der Waals surface area contributed by atoms with E-state index in [2.05, 4.69) is 10.6 Å². The third-order valence-corrected chi connectivity index (χ3v) is 3.59. The van der Waals surface area contributed by atoms with Gasteiger partial charge in [0, 0.05) is 23.2 Å². The van der Waals surface area contributed by atoms with Crippen LogP contribution in [0.3, 0.4) is 0 Å². The molecule has 1 aromatic rings. The number of halogens is 1. The van der Waals surface area contributed by atoms with Crippen LogP contribution in [0.25, 0.3) is 0 Å². The minimum Gasteiger partial charge on any atom is -0.326 e. The third-order valence-electron chi connectivity index (χ3n) is 3.36. The maximum Gasteiger partial charge on any atom is 0.224 e. The van der Waals surface area contributed by atoms with E-state index in [4.69, 9.17) is 11.6 Å². The molecule has 98 valence electrons. The van der Waals surface area contributed by atoms with E-state index in [-0.39, 0.29) is 5.91 Å². The molecule has 1 fully saturated rings. The van der Waals surface area contributed by atoms with Crippen LogP contribution in [0.2, 0.25) is 5.02 Å². The lowest BCUT2D eigenvalue weighted by Gasteiger charge is -2.11. The predicted molar refractivity (Wildman–Crippen MR) is 75.1 cm³/mol. The van der Waals surface area contributed by atoms with Gasteiger partial charge >= 0.3 is 0 Å². The molecule has 2 rings (SSSR count). The van der Waals surface area contributed by atoms with Gasteiger partial charge in [0.05, 0.1) is 0 Å². The van der Waals surface area contributed by atoms with Crippen molar-refractivity contribution in [3.63, 3.8) is 0 Å². The summed E-state index contributed by atoms with van der Waals surface area (Å²) in [6.07, 6.45) is 3.87. The van der Waals surface area contributed by atoms with E-state index in [1.54, 1.807) is 6.07 Å². The zero-order chi connectivity index (χ0) is 13.0. The Labute approximate surface area is 113 Å². The van der Waals surface area contributed by atoms with Gasteiger partial charge in [0.2, 0.25) is 5.91 Å². The molecule has 0 spiro atoms. The van der Waals surface area contributed by atoms with Crippen LogP contribution in [0.5, 0.6) is 0 Å².